The summed E-state index contributed by atoms with van der Waals surface area (Å²) in [4.78, 5) is 32.0. The number of rotatable bonds is 10. The van der Waals surface area contributed by atoms with Gasteiger partial charge in [0.2, 0.25) is 0 Å². The van der Waals surface area contributed by atoms with Gasteiger partial charge in [-0.05, 0) is 101 Å². The molecule has 0 saturated heterocycles. The molecule has 0 unspecified atom stereocenters. The molecule has 0 spiro atoms. The molecule has 6 aromatic heterocycles. The SMILES string of the molecule is c1ccc(-c2nc(-c3ccccc3)nc(-c3cc(-n4c5ccccc5c5c6oc7ccccc7c6ccc54)ccc3-c3cccc(-c4ccc(-n5c6ccccc6c6c7oc8ccccc8c7ccc65)cc4-c4nc(-c5ccccc5)nc(-c5ccccc5)n4)c3)n2)cc1. The van der Waals surface area contributed by atoms with Crippen molar-refractivity contribution < 1.29 is 8.83 Å². The molecule has 0 amide bonds. The van der Waals surface area contributed by atoms with Crippen molar-refractivity contribution in [1.29, 1.82) is 0 Å². The molecule has 0 fully saturated rings. The maximum Gasteiger partial charge on any atom is 0.164 e. The van der Waals surface area contributed by atoms with E-state index in [1.54, 1.807) is 0 Å². The molecule has 0 saturated carbocycles. The van der Waals surface area contributed by atoms with Gasteiger partial charge in [-0.2, -0.15) is 0 Å². The van der Waals surface area contributed by atoms with Gasteiger partial charge in [-0.3, -0.25) is 0 Å². The molecular formula is C84H50N8O2. The number of furan rings is 2. The van der Waals surface area contributed by atoms with Crippen LogP contribution in [0, 0.1) is 0 Å². The van der Waals surface area contributed by atoms with Crippen LogP contribution in [0.1, 0.15) is 0 Å². The van der Waals surface area contributed by atoms with Crippen molar-refractivity contribution in [1.82, 2.24) is 39.0 Å². The summed E-state index contributed by atoms with van der Waals surface area (Å²) >= 11 is 0. The number of benzene rings is 13. The number of para-hydroxylation sites is 4. The van der Waals surface area contributed by atoms with Gasteiger partial charge >= 0.3 is 0 Å². The quantitative estimate of drug-likeness (QED) is 0.133. The highest BCUT2D eigenvalue weighted by Crippen LogP contribution is 2.46. The Kier molecular flexibility index (Phi) is 12.0. The minimum absolute atomic E-state index is 0.526. The van der Waals surface area contributed by atoms with Crippen LogP contribution in [0.15, 0.2) is 312 Å². The second kappa shape index (κ2) is 21.4. The van der Waals surface area contributed by atoms with Gasteiger partial charge in [0.05, 0.1) is 32.8 Å². The lowest BCUT2D eigenvalue weighted by Gasteiger charge is -2.17. The van der Waals surface area contributed by atoms with Gasteiger partial charge in [0, 0.05) is 77.1 Å². The molecule has 0 aliphatic heterocycles. The maximum absolute atomic E-state index is 6.77. The Morgan fingerprint density at radius 2 is 0.543 bits per heavy atom. The first-order chi connectivity index (χ1) is 46.6. The van der Waals surface area contributed by atoms with Gasteiger partial charge in [0.25, 0.3) is 0 Å². The molecule has 10 nitrogen and oxygen atoms in total. The van der Waals surface area contributed by atoms with E-state index in [0.717, 1.165) is 154 Å². The number of hydrogen-bond donors (Lipinski definition) is 0. The van der Waals surface area contributed by atoms with Gasteiger partial charge < -0.3 is 18.0 Å². The molecule has 13 aromatic carbocycles. The average molecular weight is 1200 g/mol. The summed E-state index contributed by atoms with van der Waals surface area (Å²) in [6.45, 7) is 0. The number of aromatic nitrogens is 8. The lowest BCUT2D eigenvalue weighted by atomic mass is 9.92. The van der Waals surface area contributed by atoms with Gasteiger partial charge in [-0.15, -0.1) is 0 Å². The van der Waals surface area contributed by atoms with E-state index in [2.05, 4.69) is 167 Å². The topological polar surface area (TPSA) is 113 Å². The Hall–Kier alpha value is -12.9. The molecule has 6 heterocycles. The Labute approximate surface area is 537 Å². The van der Waals surface area contributed by atoms with Crippen LogP contribution >= 0.6 is 0 Å². The summed E-state index contributed by atoms with van der Waals surface area (Å²) in [5.74, 6) is 3.32. The van der Waals surface area contributed by atoms with E-state index in [0.29, 0.717) is 34.9 Å². The first-order valence-electron chi connectivity index (χ1n) is 31.4. The number of hydrogen-bond acceptors (Lipinski definition) is 8. The summed E-state index contributed by atoms with van der Waals surface area (Å²) in [5, 5.41) is 8.60. The van der Waals surface area contributed by atoms with E-state index in [1.807, 2.05) is 146 Å². The van der Waals surface area contributed by atoms with Crippen LogP contribution in [0.4, 0.5) is 0 Å². The first kappa shape index (κ1) is 53.0. The minimum atomic E-state index is 0.526. The monoisotopic (exact) mass is 1200 g/mol. The van der Waals surface area contributed by atoms with Crippen molar-refractivity contribution in [2.24, 2.45) is 0 Å². The maximum atomic E-state index is 6.77. The van der Waals surface area contributed by atoms with Crippen LogP contribution in [0.5, 0.6) is 0 Å². The Bertz CT molecular complexity index is 5740. The molecule has 0 radical (unpaired) electrons. The molecule has 0 N–H and O–H groups in total. The van der Waals surface area contributed by atoms with Crippen LogP contribution < -0.4 is 0 Å². The first-order valence-corrected chi connectivity index (χ1v) is 31.4. The van der Waals surface area contributed by atoms with E-state index in [-0.39, 0.29) is 0 Å². The Morgan fingerprint density at radius 3 is 0.936 bits per heavy atom. The molecule has 0 bridgehead atoms. The number of nitrogens with zero attached hydrogens (tertiary/aromatic N) is 8. The van der Waals surface area contributed by atoms with Gasteiger partial charge in [0.1, 0.15) is 22.3 Å². The average Bonchev–Trinajstić information content (AvgIpc) is 1.57. The summed E-state index contributed by atoms with van der Waals surface area (Å²) in [5.41, 5.74) is 18.3. The van der Waals surface area contributed by atoms with E-state index >= 15 is 0 Å². The summed E-state index contributed by atoms with van der Waals surface area (Å²) in [7, 11) is 0. The molecule has 0 aliphatic carbocycles. The van der Waals surface area contributed by atoms with Crippen LogP contribution in [-0.2, 0) is 0 Å². The minimum Gasteiger partial charge on any atom is -0.455 e. The third kappa shape index (κ3) is 8.58. The van der Waals surface area contributed by atoms with Gasteiger partial charge in [-0.1, -0.05) is 224 Å². The fraction of sp³-hybridized carbons (Fsp3) is 0. The van der Waals surface area contributed by atoms with Crippen molar-refractivity contribution >= 4 is 87.5 Å². The van der Waals surface area contributed by atoms with E-state index in [1.165, 1.54) is 0 Å². The Balaban J connectivity index is 0.851. The van der Waals surface area contributed by atoms with E-state index in [9.17, 15) is 0 Å². The zero-order valence-electron chi connectivity index (χ0n) is 50.3. The van der Waals surface area contributed by atoms with Crippen molar-refractivity contribution in [3.63, 3.8) is 0 Å². The van der Waals surface area contributed by atoms with E-state index < -0.39 is 0 Å². The summed E-state index contributed by atoms with van der Waals surface area (Å²) in [6.07, 6.45) is 0. The predicted octanol–water partition coefficient (Wildman–Crippen LogP) is 21.4. The fourth-order valence-corrected chi connectivity index (χ4v) is 14.0. The van der Waals surface area contributed by atoms with Crippen LogP contribution in [0.2, 0.25) is 0 Å². The molecule has 438 valence electrons. The smallest absolute Gasteiger partial charge is 0.164 e. The zero-order valence-corrected chi connectivity index (χ0v) is 50.3. The highest BCUT2D eigenvalue weighted by Gasteiger charge is 2.25. The second-order valence-electron chi connectivity index (χ2n) is 23.7. The Morgan fingerprint density at radius 1 is 0.213 bits per heavy atom. The molecule has 19 aromatic rings. The van der Waals surface area contributed by atoms with Crippen molar-refractivity contribution in [2.45, 2.75) is 0 Å². The fourth-order valence-electron chi connectivity index (χ4n) is 14.0. The summed E-state index contributed by atoms with van der Waals surface area (Å²) in [6, 6.07) is 105. The normalized spacial score (nSPS) is 11.8. The predicted molar refractivity (Wildman–Crippen MR) is 380 cm³/mol. The lowest BCUT2D eigenvalue weighted by molar-refractivity contribution is 0.672. The highest BCUT2D eigenvalue weighted by atomic mass is 16.3. The van der Waals surface area contributed by atoms with Crippen molar-refractivity contribution in [2.75, 3.05) is 0 Å². The third-order valence-electron chi connectivity index (χ3n) is 18.2. The standard InChI is InChI=1S/C84H50N8O2/c1-5-22-51(23-6-1)79-85-80(52-24-7-2-8-25-52)88-83(87-79)67-49-57(91-69-36-17-13-34-65(69)75-71(91)46-44-63-61-32-15-19-38-73(61)93-77(63)75)40-42-59(67)55-30-21-31-56(48-55)60-43-41-58(50-68(60)84-89-81(53-26-9-3-10-27-53)86-82(90-84)54-28-11-4-12-29-54)92-70-37-18-14-35-66(70)76-72(92)47-45-64-62-33-16-20-39-74(62)94-78(64)76/h1-50H. The molecule has 19 rings (SSSR count). The highest BCUT2D eigenvalue weighted by molar-refractivity contribution is 6.25. The van der Waals surface area contributed by atoms with E-state index in [4.69, 9.17) is 38.7 Å². The van der Waals surface area contributed by atoms with Crippen LogP contribution in [-0.4, -0.2) is 39.0 Å². The van der Waals surface area contributed by atoms with Crippen LogP contribution in [0.25, 0.3) is 189 Å². The molecule has 10 heteroatoms. The van der Waals surface area contributed by atoms with Crippen molar-refractivity contribution in [3.8, 4) is 102 Å². The molecular weight excluding hydrogens is 1150 g/mol. The lowest BCUT2D eigenvalue weighted by Crippen LogP contribution is -2.03. The van der Waals surface area contributed by atoms with Gasteiger partial charge in [-0.25, -0.2) is 29.9 Å². The van der Waals surface area contributed by atoms with Crippen LogP contribution in [0.3, 0.4) is 0 Å². The third-order valence-corrected chi connectivity index (χ3v) is 18.2. The molecule has 94 heavy (non-hydrogen) atoms. The summed E-state index contributed by atoms with van der Waals surface area (Å²) < 4.78 is 18.2. The largest absolute Gasteiger partial charge is 0.455 e. The molecule has 0 aliphatic rings. The number of fused-ring (bicyclic) bond motifs is 14. The zero-order chi connectivity index (χ0) is 61.8. The second-order valence-corrected chi connectivity index (χ2v) is 23.7. The van der Waals surface area contributed by atoms with Gasteiger partial charge in [0.15, 0.2) is 34.9 Å². The van der Waals surface area contributed by atoms with Crippen molar-refractivity contribution in [3.05, 3.63) is 303 Å². The molecule has 0 atom stereocenters.